The summed E-state index contributed by atoms with van der Waals surface area (Å²) in [6.07, 6.45) is 12.2. The van der Waals surface area contributed by atoms with Crippen molar-refractivity contribution in [1.82, 2.24) is 9.97 Å². The lowest BCUT2D eigenvalue weighted by atomic mass is 9.82. The first kappa shape index (κ1) is 21.0. The van der Waals surface area contributed by atoms with Gasteiger partial charge in [-0.2, -0.15) is 10.5 Å². The molecule has 27 heavy (non-hydrogen) atoms. The molecule has 0 radical (unpaired) electrons. The summed E-state index contributed by atoms with van der Waals surface area (Å²) >= 11 is 3.15. The predicted octanol–water partition coefficient (Wildman–Crippen LogP) is 4.51. The minimum absolute atomic E-state index is 0.565. The zero-order chi connectivity index (χ0) is 19.5. The van der Waals surface area contributed by atoms with Gasteiger partial charge in [0.1, 0.15) is 16.7 Å². The van der Waals surface area contributed by atoms with Crippen LogP contribution in [0.1, 0.15) is 55.3 Å². The van der Waals surface area contributed by atoms with E-state index in [9.17, 15) is 0 Å². The van der Waals surface area contributed by atoms with Crippen LogP contribution in [0.25, 0.3) is 0 Å². The zero-order valence-corrected chi connectivity index (χ0v) is 16.9. The molecule has 0 aliphatic heterocycles. The second kappa shape index (κ2) is 11.4. The summed E-state index contributed by atoms with van der Waals surface area (Å²) in [5.74, 6) is 0.848. The molecule has 0 saturated heterocycles. The molecule has 4 rings (SSSR count). The molecule has 140 valence electrons. The van der Waals surface area contributed by atoms with Crippen molar-refractivity contribution in [2.45, 2.75) is 51.0 Å². The average Bonchev–Trinajstić information content (AvgIpc) is 2.65. The molecule has 0 unspecified atom stereocenters. The largest absolute Gasteiger partial charge is 0.328 e. The first-order chi connectivity index (χ1) is 13.1. The molecule has 6 heteroatoms. The monoisotopic (exact) mass is 425 g/mol. The molecule has 2 aromatic rings. The van der Waals surface area contributed by atoms with E-state index in [1.807, 2.05) is 18.2 Å². The van der Waals surface area contributed by atoms with Crippen LogP contribution in [-0.2, 0) is 6.42 Å². The molecule has 2 N–H and O–H groups in total. The van der Waals surface area contributed by atoms with E-state index in [2.05, 4.69) is 32.0 Å². The van der Waals surface area contributed by atoms with E-state index < -0.39 is 0 Å². The number of pyridine rings is 2. The fourth-order valence-corrected chi connectivity index (χ4v) is 2.72. The molecule has 0 amide bonds. The number of hydrogen-bond donors (Lipinski definition) is 1. The van der Waals surface area contributed by atoms with Gasteiger partial charge in [0.15, 0.2) is 0 Å². The maximum absolute atomic E-state index is 8.58. The van der Waals surface area contributed by atoms with Crippen molar-refractivity contribution >= 4 is 15.9 Å². The highest BCUT2D eigenvalue weighted by Crippen LogP contribution is 2.29. The van der Waals surface area contributed by atoms with Gasteiger partial charge in [0.2, 0.25) is 0 Å². The van der Waals surface area contributed by atoms with Gasteiger partial charge in [0.05, 0.1) is 11.1 Å². The van der Waals surface area contributed by atoms with Gasteiger partial charge in [-0.3, -0.25) is 4.98 Å². The molecule has 2 aliphatic carbocycles. The smallest absolute Gasteiger partial charge is 0.106 e. The fourth-order valence-electron chi connectivity index (χ4n) is 2.49. The van der Waals surface area contributed by atoms with Crippen molar-refractivity contribution in [3.63, 3.8) is 0 Å². The highest BCUT2D eigenvalue weighted by Gasteiger charge is 2.17. The molecular formula is C21H24BrN5. The molecule has 2 heterocycles. The molecule has 0 atom stereocenters. The SMILES string of the molecule is N#Cc1ccc(Br)nc1.N#Cc1ccc(CC2CCC2)nc1.NC1CCC1. The van der Waals surface area contributed by atoms with Crippen LogP contribution < -0.4 is 5.73 Å². The second-order valence-corrected chi connectivity index (χ2v) is 7.64. The first-order valence-corrected chi connectivity index (χ1v) is 10.0. The standard InChI is InChI=1S/C11H12N2.C6H3BrN2.C4H9N/c12-7-10-4-5-11(13-8-10)6-9-2-1-3-9;7-6-2-1-5(3-8)4-9-6;5-4-2-1-3-4/h4-5,8-9H,1-3,6H2;1-2,4H;4H,1-3,5H2. The summed E-state index contributed by atoms with van der Waals surface area (Å²) in [5, 5.41) is 16.9. The Hall–Kier alpha value is -2.28. The number of hydrogen-bond acceptors (Lipinski definition) is 5. The summed E-state index contributed by atoms with van der Waals surface area (Å²) in [4.78, 5) is 8.09. The Labute approximate surface area is 169 Å². The molecular weight excluding hydrogens is 402 g/mol. The quantitative estimate of drug-likeness (QED) is 0.713. The van der Waals surface area contributed by atoms with Gasteiger partial charge in [-0.25, -0.2) is 4.98 Å². The lowest BCUT2D eigenvalue weighted by Crippen LogP contribution is -2.27. The highest BCUT2D eigenvalue weighted by atomic mass is 79.9. The van der Waals surface area contributed by atoms with Gasteiger partial charge in [-0.05, 0) is 65.4 Å². The Morgan fingerprint density at radius 3 is 1.81 bits per heavy atom. The molecule has 2 saturated carbocycles. The van der Waals surface area contributed by atoms with E-state index in [-0.39, 0.29) is 0 Å². The minimum atomic E-state index is 0.565. The van der Waals surface area contributed by atoms with E-state index in [0.717, 1.165) is 22.6 Å². The van der Waals surface area contributed by atoms with Crippen LogP contribution in [0.5, 0.6) is 0 Å². The van der Waals surface area contributed by atoms with E-state index in [4.69, 9.17) is 16.3 Å². The van der Waals surface area contributed by atoms with Crippen LogP contribution in [0.15, 0.2) is 41.3 Å². The predicted molar refractivity (Wildman–Crippen MR) is 108 cm³/mol. The number of rotatable bonds is 2. The maximum Gasteiger partial charge on any atom is 0.106 e. The van der Waals surface area contributed by atoms with Crippen LogP contribution in [0.3, 0.4) is 0 Å². The Morgan fingerprint density at radius 1 is 0.926 bits per heavy atom. The van der Waals surface area contributed by atoms with Crippen molar-refractivity contribution in [2.24, 2.45) is 11.7 Å². The molecule has 0 aromatic carbocycles. The molecule has 2 aromatic heterocycles. The Balaban J connectivity index is 0.000000161. The number of aromatic nitrogens is 2. The van der Waals surface area contributed by atoms with Crippen molar-refractivity contribution in [1.29, 1.82) is 10.5 Å². The van der Waals surface area contributed by atoms with Gasteiger partial charge >= 0.3 is 0 Å². The van der Waals surface area contributed by atoms with Gasteiger partial charge < -0.3 is 5.73 Å². The van der Waals surface area contributed by atoms with Crippen LogP contribution in [0, 0.1) is 28.6 Å². The first-order valence-electron chi connectivity index (χ1n) is 9.23. The van der Waals surface area contributed by atoms with Crippen molar-refractivity contribution < 1.29 is 0 Å². The van der Waals surface area contributed by atoms with Crippen LogP contribution in [0.4, 0.5) is 0 Å². The number of nitriles is 2. The second-order valence-electron chi connectivity index (χ2n) is 6.82. The van der Waals surface area contributed by atoms with Crippen molar-refractivity contribution in [3.05, 3.63) is 58.1 Å². The fraction of sp³-hybridized carbons (Fsp3) is 0.429. The number of nitrogens with zero attached hydrogens (tertiary/aromatic N) is 4. The average molecular weight is 426 g/mol. The summed E-state index contributed by atoms with van der Waals surface area (Å²) < 4.78 is 0.751. The number of halogens is 1. The maximum atomic E-state index is 8.58. The molecule has 2 aliphatic rings. The summed E-state index contributed by atoms with van der Waals surface area (Å²) in [5.41, 5.74) is 7.74. The molecule has 0 bridgehead atoms. The van der Waals surface area contributed by atoms with Gasteiger partial charge in [0.25, 0.3) is 0 Å². The highest BCUT2D eigenvalue weighted by molar-refractivity contribution is 9.10. The van der Waals surface area contributed by atoms with E-state index in [0.29, 0.717) is 17.2 Å². The molecule has 2 fully saturated rings. The third-order valence-corrected chi connectivity index (χ3v) is 5.15. The zero-order valence-electron chi connectivity index (χ0n) is 15.3. The minimum Gasteiger partial charge on any atom is -0.328 e. The topological polar surface area (TPSA) is 99.4 Å². The number of nitrogens with two attached hydrogens (primary N) is 1. The van der Waals surface area contributed by atoms with Crippen molar-refractivity contribution in [3.8, 4) is 12.1 Å². The summed E-state index contributed by atoms with van der Waals surface area (Å²) in [6, 6.07) is 11.9. The van der Waals surface area contributed by atoms with Crippen LogP contribution in [-0.4, -0.2) is 16.0 Å². The lowest BCUT2D eigenvalue weighted by Gasteiger charge is -2.24. The molecule has 5 nitrogen and oxygen atoms in total. The van der Waals surface area contributed by atoms with Gasteiger partial charge in [0, 0.05) is 24.1 Å². The van der Waals surface area contributed by atoms with Crippen molar-refractivity contribution in [2.75, 3.05) is 0 Å². The normalized spacial score (nSPS) is 15.4. The molecule has 0 spiro atoms. The third kappa shape index (κ3) is 7.86. The van der Waals surface area contributed by atoms with E-state index in [1.54, 1.807) is 18.3 Å². The third-order valence-electron chi connectivity index (χ3n) is 4.68. The summed E-state index contributed by atoms with van der Waals surface area (Å²) in [6.45, 7) is 0. The Bertz CT molecular complexity index is 766. The van der Waals surface area contributed by atoms with Gasteiger partial charge in [-0.15, -0.1) is 0 Å². The van der Waals surface area contributed by atoms with Crippen LogP contribution >= 0.6 is 15.9 Å². The van der Waals surface area contributed by atoms with E-state index >= 15 is 0 Å². The van der Waals surface area contributed by atoms with Gasteiger partial charge in [-0.1, -0.05) is 25.7 Å². The Kier molecular flexibility index (Phi) is 8.91. The Morgan fingerprint density at radius 2 is 1.48 bits per heavy atom. The lowest BCUT2D eigenvalue weighted by molar-refractivity contribution is 0.312. The van der Waals surface area contributed by atoms with Crippen LogP contribution in [0.2, 0.25) is 0 Å². The van der Waals surface area contributed by atoms with E-state index in [1.165, 1.54) is 44.7 Å². The summed E-state index contributed by atoms with van der Waals surface area (Å²) in [7, 11) is 0.